The van der Waals surface area contributed by atoms with Crippen molar-refractivity contribution in [2.45, 2.75) is 18.9 Å². The van der Waals surface area contributed by atoms with Gasteiger partial charge in [-0.2, -0.15) is 0 Å². The van der Waals surface area contributed by atoms with Crippen molar-refractivity contribution < 1.29 is 14.3 Å². The van der Waals surface area contributed by atoms with Crippen LogP contribution in [0.4, 0.5) is 5.69 Å². The predicted octanol–water partition coefficient (Wildman–Crippen LogP) is 3.64. The number of hydrogen-bond acceptors (Lipinski definition) is 4. The molecule has 26 heavy (non-hydrogen) atoms. The summed E-state index contributed by atoms with van der Waals surface area (Å²) in [6.07, 6.45) is 2.85. The van der Waals surface area contributed by atoms with Gasteiger partial charge in [-0.15, -0.1) is 0 Å². The first-order valence-corrected chi connectivity index (χ1v) is 8.81. The number of ether oxygens (including phenoxy) is 1. The van der Waals surface area contributed by atoms with Crippen LogP contribution in [0.5, 0.6) is 5.88 Å². The Morgan fingerprint density at radius 1 is 1.23 bits per heavy atom. The Balaban J connectivity index is 1.74. The van der Waals surface area contributed by atoms with Gasteiger partial charge in [0.2, 0.25) is 11.8 Å². The second-order valence-electron chi connectivity index (χ2n) is 5.89. The number of amides is 2. The summed E-state index contributed by atoms with van der Waals surface area (Å²) in [7, 11) is 1.52. The summed E-state index contributed by atoms with van der Waals surface area (Å²) in [5.74, 6) is -0.0608. The van der Waals surface area contributed by atoms with Gasteiger partial charge in [-0.3, -0.25) is 9.59 Å². The molecule has 8 heteroatoms. The number of pyridine rings is 1. The maximum Gasteiger partial charge on any atom is 0.254 e. The molecule has 1 saturated heterocycles. The maximum absolute atomic E-state index is 12.8. The van der Waals surface area contributed by atoms with E-state index in [1.807, 2.05) is 0 Å². The fraction of sp³-hybridized carbons (Fsp3) is 0.278. The molecule has 0 bridgehead atoms. The Morgan fingerprint density at radius 2 is 1.96 bits per heavy atom. The van der Waals surface area contributed by atoms with E-state index in [0.717, 1.165) is 6.42 Å². The zero-order valence-corrected chi connectivity index (χ0v) is 15.5. The number of likely N-dealkylation sites (tertiary alicyclic amines) is 1. The van der Waals surface area contributed by atoms with Crippen LogP contribution in [0.1, 0.15) is 23.2 Å². The zero-order valence-electron chi connectivity index (χ0n) is 14.0. The SMILES string of the molecule is COc1ccc(NC(=O)C2CCCN2C(=O)c2cc(Cl)cc(Cl)c2)cn1. The minimum Gasteiger partial charge on any atom is -0.481 e. The molecule has 1 N–H and O–H groups in total. The number of benzene rings is 1. The molecule has 1 aliphatic heterocycles. The highest BCUT2D eigenvalue weighted by Crippen LogP contribution is 2.25. The first kappa shape index (κ1) is 18.5. The Morgan fingerprint density at radius 3 is 2.58 bits per heavy atom. The first-order chi connectivity index (χ1) is 12.5. The summed E-state index contributed by atoms with van der Waals surface area (Å²) in [5, 5.41) is 3.55. The highest BCUT2D eigenvalue weighted by atomic mass is 35.5. The second-order valence-corrected chi connectivity index (χ2v) is 6.77. The summed E-state index contributed by atoms with van der Waals surface area (Å²) in [5.41, 5.74) is 0.911. The Kier molecular flexibility index (Phi) is 5.64. The molecule has 2 heterocycles. The van der Waals surface area contributed by atoms with Crippen LogP contribution in [0.2, 0.25) is 10.0 Å². The lowest BCUT2D eigenvalue weighted by Crippen LogP contribution is -2.43. The number of carbonyl (C=O) groups is 2. The molecule has 0 saturated carbocycles. The molecule has 3 rings (SSSR count). The molecule has 6 nitrogen and oxygen atoms in total. The number of nitrogens with one attached hydrogen (secondary N) is 1. The van der Waals surface area contributed by atoms with Crippen LogP contribution in [0.15, 0.2) is 36.5 Å². The monoisotopic (exact) mass is 393 g/mol. The lowest BCUT2D eigenvalue weighted by molar-refractivity contribution is -0.119. The third-order valence-corrected chi connectivity index (χ3v) is 4.58. The molecule has 1 aromatic carbocycles. The lowest BCUT2D eigenvalue weighted by Gasteiger charge is -2.24. The molecule has 1 unspecified atom stereocenters. The smallest absolute Gasteiger partial charge is 0.254 e. The van der Waals surface area contributed by atoms with Gasteiger partial charge in [0.1, 0.15) is 6.04 Å². The van der Waals surface area contributed by atoms with Crippen LogP contribution in [-0.2, 0) is 4.79 Å². The molecule has 0 aliphatic carbocycles. The number of aromatic nitrogens is 1. The largest absolute Gasteiger partial charge is 0.481 e. The maximum atomic E-state index is 12.8. The molecule has 136 valence electrons. The van der Waals surface area contributed by atoms with Gasteiger partial charge in [0.05, 0.1) is 19.0 Å². The topological polar surface area (TPSA) is 71.5 Å². The van der Waals surface area contributed by atoms with E-state index < -0.39 is 6.04 Å². The zero-order chi connectivity index (χ0) is 18.7. The van der Waals surface area contributed by atoms with E-state index in [0.29, 0.717) is 40.1 Å². The van der Waals surface area contributed by atoms with Crippen LogP contribution >= 0.6 is 23.2 Å². The fourth-order valence-corrected chi connectivity index (χ4v) is 3.45. The van der Waals surface area contributed by atoms with E-state index in [1.54, 1.807) is 35.2 Å². The van der Waals surface area contributed by atoms with Crippen LogP contribution < -0.4 is 10.1 Å². The number of rotatable bonds is 4. The van der Waals surface area contributed by atoms with Crippen molar-refractivity contribution in [1.29, 1.82) is 0 Å². The van der Waals surface area contributed by atoms with Gasteiger partial charge in [0, 0.05) is 28.2 Å². The Hall–Kier alpha value is -2.31. The van der Waals surface area contributed by atoms with Gasteiger partial charge < -0.3 is 15.0 Å². The average Bonchev–Trinajstić information content (AvgIpc) is 3.10. The van der Waals surface area contributed by atoms with Crippen molar-refractivity contribution >= 4 is 40.7 Å². The van der Waals surface area contributed by atoms with Crippen molar-refractivity contribution in [2.24, 2.45) is 0 Å². The summed E-state index contributed by atoms with van der Waals surface area (Å²) in [6, 6.07) is 7.46. The van der Waals surface area contributed by atoms with Gasteiger partial charge in [0.15, 0.2) is 0 Å². The molecule has 1 aromatic heterocycles. The molecular weight excluding hydrogens is 377 g/mol. The molecule has 2 aromatic rings. The van der Waals surface area contributed by atoms with Gasteiger partial charge in [-0.1, -0.05) is 23.2 Å². The molecular formula is C18H17Cl2N3O3. The van der Waals surface area contributed by atoms with Crippen molar-refractivity contribution in [3.05, 3.63) is 52.1 Å². The fourth-order valence-electron chi connectivity index (χ4n) is 2.93. The first-order valence-electron chi connectivity index (χ1n) is 8.06. The standard InChI is InChI=1S/C18H17Cl2N3O3/c1-26-16-5-4-14(10-21-16)22-17(24)15-3-2-6-23(15)18(25)11-7-12(19)9-13(20)8-11/h4-5,7-10,15H,2-3,6H2,1H3,(H,22,24). The van der Waals surface area contributed by atoms with Crippen molar-refractivity contribution in [2.75, 3.05) is 19.0 Å². The van der Waals surface area contributed by atoms with E-state index in [-0.39, 0.29) is 11.8 Å². The number of nitrogens with zero attached hydrogens (tertiary/aromatic N) is 2. The molecule has 1 atom stereocenters. The summed E-state index contributed by atoms with van der Waals surface area (Å²) >= 11 is 12.0. The van der Waals surface area contributed by atoms with Crippen LogP contribution in [0.25, 0.3) is 0 Å². The van der Waals surface area contributed by atoms with Gasteiger partial charge >= 0.3 is 0 Å². The minimum atomic E-state index is -0.553. The lowest BCUT2D eigenvalue weighted by atomic mass is 10.1. The van der Waals surface area contributed by atoms with Crippen LogP contribution in [0, 0.1) is 0 Å². The van der Waals surface area contributed by atoms with Crippen LogP contribution in [0.3, 0.4) is 0 Å². The van der Waals surface area contributed by atoms with E-state index >= 15 is 0 Å². The average molecular weight is 394 g/mol. The molecule has 0 radical (unpaired) electrons. The Bertz CT molecular complexity index is 807. The second kappa shape index (κ2) is 7.93. The third kappa shape index (κ3) is 4.08. The number of anilines is 1. The predicted molar refractivity (Wildman–Crippen MR) is 99.9 cm³/mol. The number of methoxy groups -OCH3 is 1. The highest BCUT2D eigenvalue weighted by Gasteiger charge is 2.34. The van der Waals surface area contributed by atoms with E-state index in [2.05, 4.69) is 10.3 Å². The van der Waals surface area contributed by atoms with Crippen molar-refractivity contribution in [3.8, 4) is 5.88 Å². The normalized spacial score (nSPS) is 16.4. The summed E-state index contributed by atoms with van der Waals surface area (Å²) in [6.45, 7) is 0.502. The molecule has 0 spiro atoms. The van der Waals surface area contributed by atoms with Gasteiger partial charge in [0.25, 0.3) is 5.91 Å². The summed E-state index contributed by atoms with van der Waals surface area (Å²) < 4.78 is 4.99. The van der Waals surface area contributed by atoms with E-state index in [1.165, 1.54) is 13.3 Å². The van der Waals surface area contributed by atoms with Crippen molar-refractivity contribution in [1.82, 2.24) is 9.88 Å². The molecule has 2 amide bonds. The van der Waals surface area contributed by atoms with Gasteiger partial charge in [-0.05, 0) is 37.1 Å². The highest BCUT2D eigenvalue weighted by molar-refractivity contribution is 6.35. The van der Waals surface area contributed by atoms with E-state index in [4.69, 9.17) is 27.9 Å². The van der Waals surface area contributed by atoms with Crippen LogP contribution in [-0.4, -0.2) is 41.4 Å². The number of hydrogen-bond donors (Lipinski definition) is 1. The van der Waals surface area contributed by atoms with Gasteiger partial charge in [-0.25, -0.2) is 4.98 Å². The number of halogens is 2. The quantitative estimate of drug-likeness (QED) is 0.860. The van der Waals surface area contributed by atoms with Crippen molar-refractivity contribution in [3.63, 3.8) is 0 Å². The third-order valence-electron chi connectivity index (χ3n) is 4.14. The molecule has 1 aliphatic rings. The summed E-state index contributed by atoms with van der Waals surface area (Å²) in [4.78, 5) is 31.0. The minimum absolute atomic E-state index is 0.254. The molecule has 1 fully saturated rings. The van der Waals surface area contributed by atoms with E-state index in [9.17, 15) is 9.59 Å². The number of carbonyl (C=O) groups excluding carboxylic acids is 2. The Labute approximate surface area is 161 Å².